The Morgan fingerprint density at radius 3 is 2.56 bits per heavy atom. The number of ether oxygens (including phenoxy) is 1. The fourth-order valence-electron chi connectivity index (χ4n) is 1.78. The van der Waals surface area contributed by atoms with E-state index in [2.05, 4.69) is 24.5 Å². The third kappa shape index (κ3) is 4.39. The first kappa shape index (κ1) is 13.3. The summed E-state index contributed by atoms with van der Waals surface area (Å²) in [6.45, 7) is 10.6. The van der Waals surface area contributed by atoms with Crippen LogP contribution in [0.3, 0.4) is 0 Å². The van der Waals surface area contributed by atoms with Crippen molar-refractivity contribution in [2.45, 2.75) is 64.6 Å². The summed E-state index contributed by atoms with van der Waals surface area (Å²) in [7, 11) is 0. The Balaban J connectivity index is 2.44. The molecule has 2 atom stereocenters. The number of carbonyl (C=O) groups is 1. The number of carbonyl (C=O) groups excluding carboxylic acids is 1. The molecule has 1 aliphatic heterocycles. The van der Waals surface area contributed by atoms with Crippen molar-refractivity contribution in [1.82, 2.24) is 10.6 Å². The summed E-state index contributed by atoms with van der Waals surface area (Å²) in [5.41, 5.74) is -0.620. The molecule has 1 saturated heterocycles. The number of rotatable bonds is 1. The van der Waals surface area contributed by atoms with Crippen LogP contribution in [0.1, 0.15) is 47.5 Å². The van der Waals surface area contributed by atoms with E-state index in [0.29, 0.717) is 6.04 Å². The quantitative estimate of drug-likeness (QED) is 0.722. The standard InChI is InChI=1S/C12H24N2O2/c1-9-6-7-12(5,8-13-9)14-10(15)16-11(2,3)4/h9,13H,6-8H2,1-5H3,(H,14,15). The van der Waals surface area contributed by atoms with Gasteiger partial charge in [-0.3, -0.25) is 0 Å². The predicted molar refractivity (Wildman–Crippen MR) is 64.5 cm³/mol. The molecule has 0 radical (unpaired) electrons. The van der Waals surface area contributed by atoms with E-state index >= 15 is 0 Å². The zero-order chi connectivity index (χ0) is 12.4. The fourth-order valence-corrected chi connectivity index (χ4v) is 1.78. The van der Waals surface area contributed by atoms with Crippen LogP contribution >= 0.6 is 0 Å². The Kier molecular flexibility index (Phi) is 3.84. The molecule has 0 saturated carbocycles. The predicted octanol–water partition coefficient (Wildman–Crippen LogP) is 2.04. The van der Waals surface area contributed by atoms with Gasteiger partial charge in [0.05, 0.1) is 5.54 Å². The number of nitrogens with one attached hydrogen (secondary N) is 2. The first-order chi connectivity index (χ1) is 7.20. The Morgan fingerprint density at radius 1 is 1.50 bits per heavy atom. The average molecular weight is 228 g/mol. The lowest BCUT2D eigenvalue weighted by Crippen LogP contribution is -2.58. The van der Waals surface area contributed by atoms with Gasteiger partial charge in [-0.25, -0.2) is 4.79 Å². The van der Waals surface area contributed by atoms with Crippen molar-refractivity contribution in [3.05, 3.63) is 0 Å². The van der Waals surface area contributed by atoms with E-state index in [4.69, 9.17) is 4.74 Å². The summed E-state index contributed by atoms with van der Waals surface area (Å²) in [6, 6.07) is 0.536. The molecule has 16 heavy (non-hydrogen) atoms. The van der Waals surface area contributed by atoms with Crippen molar-refractivity contribution >= 4 is 6.09 Å². The van der Waals surface area contributed by atoms with Gasteiger partial charge >= 0.3 is 6.09 Å². The largest absolute Gasteiger partial charge is 0.444 e. The van der Waals surface area contributed by atoms with Crippen molar-refractivity contribution in [2.75, 3.05) is 6.54 Å². The number of alkyl carbamates (subject to hydrolysis) is 1. The molecular formula is C12H24N2O2. The van der Waals surface area contributed by atoms with Gasteiger partial charge in [0.2, 0.25) is 0 Å². The molecule has 0 bridgehead atoms. The fraction of sp³-hybridized carbons (Fsp3) is 0.917. The molecule has 1 amide bonds. The molecular weight excluding hydrogens is 204 g/mol. The highest BCUT2D eigenvalue weighted by Crippen LogP contribution is 2.19. The average Bonchev–Trinajstić information content (AvgIpc) is 2.07. The van der Waals surface area contributed by atoms with Gasteiger partial charge in [0.15, 0.2) is 0 Å². The third-order valence-corrected chi connectivity index (χ3v) is 2.77. The van der Waals surface area contributed by atoms with Gasteiger partial charge in [0.1, 0.15) is 5.60 Å². The smallest absolute Gasteiger partial charge is 0.408 e. The normalized spacial score (nSPS) is 30.9. The van der Waals surface area contributed by atoms with Gasteiger partial charge in [-0.2, -0.15) is 0 Å². The Labute approximate surface area is 98.1 Å². The van der Waals surface area contributed by atoms with Crippen LogP contribution < -0.4 is 10.6 Å². The Morgan fingerprint density at radius 2 is 2.12 bits per heavy atom. The second-order valence-corrected chi connectivity index (χ2v) is 6.01. The molecule has 1 heterocycles. The molecule has 0 aromatic rings. The maximum Gasteiger partial charge on any atom is 0.408 e. The highest BCUT2D eigenvalue weighted by atomic mass is 16.6. The molecule has 0 aliphatic carbocycles. The lowest BCUT2D eigenvalue weighted by Gasteiger charge is -2.38. The molecule has 1 aliphatic rings. The summed E-state index contributed by atoms with van der Waals surface area (Å²) < 4.78 is 5.25. The number of hydrogen-bond donors (Lipinski definition) is 2. The lowest BCUT2D eigenvalue weighted by atomic mass is 9.89. The topological polar surface area (TPSA) is 50.4 Å². The van der Waals surface area contributed by atoms with E-state index in [0.717, 1.165) is 19.4 Å². The van der Waals surface area contributed by atoms with Crippen LogP contribution in [0, 0.1) is 0 Å². The van der Waals surface area contributed by atoms with Crippen LogP contribution in [0.25, 0.3) is 0 Å². The van der Waals surface area contributed by atoms with Crippen molar-refractivity contribution in [3.63, 3.8) is 0 Å². The van der Waals surface area contributed by atoms with E-state index in [9.17, 15) is 4.79 Å². The van der Waals surface area contributed by atoms with Crippen molar-refractivity contribution in [3.8, 4) is 0 Å². The molecule has 1 fully saturated rings. The van der Waals surface area contributed by atoms with Crippen LogP contribution in [0.15, 0.2) is 0 Å². The first-order valence-electron chi connectivity index (χ1n) is 5.95. The minimum atomic E-state index is -0.435. The summed E-state index contributed by atoms with van der Waals surface area (Å²) in [5, 5.41) is 6.32. The van der Waals surface area contributed by atoms with Crippen LogP contribution in [0.5, 0.6) is 0 Å². The molecule has 4 heteroatoms. The van der Waals surface area contributed by atoms with E-state index in [1.165, 1.54) is 0 Å². The summed E-state index contributed by atoms with van der Waals surface area (Å²) >= 11 is 0. The molecule has 2 N–H and O–H groups in total. The second-order valence-electron chi connectivity index (χ2n) is 6.01. The van der Waals surface area contributed by atoms with Gasteiger partial charge in [0, 0.05) is 12.6 Å². The zero-order valence-electron chi connectivity index (χ0n) is 11.0. The molecule has 2 unspecified atom stereocenters. The van der Waals surface area contributed by atoms with E-state index in [1.54, 1.807) is 0 Å². The maximum absolute atomic E-state index is 11.7. The molecule has 0 aromatic heterocycles. The van der Waals surface area contributed by atoms with Crippen LogP contribution in [-0.2, 0) is 4.74 Å². The molecule has 1 rings (SSSR count). The lowest BCUT2D eigenvalue weighted by molar-refractivity contribution is 0.0441. The minimum absolute atomic E-state index is 0.186. The van der Waals surface area contributed by atoms with Crippen molar-refractivity contribution < 1.29 is 9.53 Å². The van der Waals surface area contributed by atoms with Crippen LogP contribution in [0.4, 0.5) is 4.79 Å². The second kappa shape index (κ2) is 4.62. The highest BCUT2D eigenvalue weighted by Gasteiger charge is 2.32. The van der Waals surface area contributed by atoms with Gasteiger partial charge in [0.25, 0.3) is 0 Å². The van der Waals surface area contributed by atoms with Gasteiger partial charge in [-0.05, 0) is 47.5 Å². The first-order valence-corrected chi connectivity index (χ1v) is 5.95. The SMILES string of the molecule is CC1CCC(C)(NC(=O)OC(C)(C)C)CN1. The maximum atomic E-state index is 11.7. The van der Waals surface area contributed by atoms with Crippen LogP contribution in [-0.4, -0.2) is 29.8 Å². The Hall–Kier alpha value is -0.770. The van der Waals surface area contributed by atoms with E-state index in [1.807, 2.05) is 20.8 Å². The van der Waals surface area contributed by atoms with Crippen molar-refractivity contribution in [1.29, 1.82) is 0 Å². The number of hydrogen-bond acceptors (Lipinski definition) is 3. The highest BCUT2D eigenvalue weighted by molar-refractivity contribution is 5.68. The van der Waals surface area contributed by atoms with Crippen molar-refractivity contribution in [2.24, 2.45) is 0 Å². The van der Waals surface area contributed by atoms with Crippen LogP contribution in [0.2, 0.25) is 0 Å². The summed E-state index contributed by atoms with van der Waals surface area (Å²) in [5.74, 6) is 0. The number of amides is 1. The molecule has 94 valence electrons. The monoisotopic (exact) mass is 228 g/mol. The zero-order valence-corrected chi connectivity index (χ0v) is 11.0. The molecule has 0 spiro atoms. The van der Waals surface area contributed by atoms with Gasteiger partial charge in [-0.15, -0.1) is 0 Å². The number of piperidine rings is 1. The summed E-state index contributed by atoms with van der Waals surface area (Å²) in [4.78, 5) is 11.7. The third-order valence-electron chi connectivity index (χ3n) is 2.77. The minimum Gasteiger partial charge on any atom is -0.444 e. The summed E-state index contributed by atoms with van der Waals surface area (Å²) in [6.07, 6.45) is 1.73. The van der Waals surface area contributed by atoms with Gasteiger partial charge in [-0.1, -0.05) is 0 Å². The molecule has 4 nitrogen and oxygen atoms in total. The Bertz CT molecular complexity index is 250. The van der Waals surface area contributed by atoms with E-state index < -0.39 is 5.60 Å². The molecule has 0 aromatic carbocycles. The van der Waals surface area contributed by atoms with Gasteiger partial charge < -0.3 is 15.4 Å². The van der Waals surface area contributed by atoms with E-state index in [-0.39, 0.29) is 11.6 Å².